The number of hydrogen-bond acceptors (Lipinski definition) is 9. The lowest BCUT2D eigenvalue weighted by Gasteiger charge is -2.30. The number of methoxy groups -OCH3 is 3. The minimum Gasteiger partial charge on any atom is -0.497 e. The van der Waals surface area contributed by atoms with Gasteiger partial charge in [0.05, 0.1) is 33.0 Å². The summed E-state index contributed by atoms with van der Waals surface area (Å²) in [6.07, 6.45) is 4.79. The van der Waals surface area contributed by atoms with Crippen LogP contribution in [0.2, 0.25) is 0 Å². The van der Waals surface area contributed by atoms with Crippen LogP contribution in [0.15, 0.2) is 47.1 Å². The van der Waals surface area contributed by atoms with Gasteiger partial charge in [-0.05, 0) is 57.5 Å². The van der Waals surface area contributed by atoms with Crippen LogP contribution >= 0.6 is 0 Å². The molecule has 0 atom stereocenters. The summed E-state index contributed by atoms with van der Waals surface area (Å²) in [6, 6.07) is 9.91. The third-order valence-electron chi connectivity index (χ3n) is 6.08. The second-order valence-corrected chi connectivity index (χ2v) is 9.29. The quantitative estimate of drug-likeness (QED) is 0.172. The third-order valence-corrected chi connectivity index (χ3v) is 6.08. The van der Waals surface area contributed by atoms with E-state index < -0.39 is 11.9 Å². The number of allylic oxidation sites excluding steroid dienone is 1. The van der Waals surface area contributed by atoms with Gasteiger partial charge in [-0.2, -0.15) is 0 Å². The monoisotopic (exact) mass is 571 g/mol. The Bertz CT molecular complexity index is 1340. The van der Waals surface area contributed by atoms with E-state index in [9.17, 15) is 4.79 Å². The standard InChI is InChI=1S/C28H35NO6.C2H2O4/c1-18(2)29(19(3)4)15-17-35-27-24(23(30)13-10-20-8-11-21(31-5)12-9-20)25(32-6)22-14-16-34-26(22)28(27)33-7;3-1(4)2(5)6/h8-14,16,18-19H,15,17H2,1-7H3;(H,3,4)(H,5,6). The molecule has 0 aliphatic carbocycles. The summed E-state index contributed by atoms with van der Waals surface area (Å²) in [7, 11) is 4.68. The van der Waals surface area contributed by atoms with Gasteiger partial charge in [0.2, 0.25) is 5.75 Å². The number of carbonyl (C=O) groups is 3. The van der Waals surface area contributed by atoms with Crippen LogP contribution in [0.5, 0.6) is 23.0 Å². The van der Waals surface area contributed by atoms with E-state index in [1.807, 2.05) is 24.3 Å². The Balaban J connectivity index is 0.000000883. The number of aliphatic carboxylic acids is 2. The van der Waals surface area contributed by atoms with Gasteiger partial charge < -0.3 is 33.6 Å². The highest BCUT2D eigenvalue weighted by molar-refractivity contribution is 6.27. The van der Waals surface area contributed by atoms with Crippen LogP contribution in [-0.4, -0.2) is 79.4 Å². The molecule has 0 aliphatic heterocycles. The second kappa shape index (κ2) is 15.3. The van der Waals surface area contributed by atoms with Gasteiger partial charge in [-0.1, -0.05) is 18.2 Å². The molecular weight excluding hydrogens is 534 g/mol. The Kier molecular flexibility index (Phi) is 12.2. The van der Waals surface area contributed by atoms with E-state index in [0.29, 0.717) is 59.0 Å². The summed E-state index contributed by atoms with van der Waals surface area (Å²) < 4.78 is 28.5. The molecule has 1 aromatic heterocycles. The molecule has 222 valence electrons. The van der Waals surface area contributed by atoms with E-state index in [2.05, 4.69) is 32.6 Å². The largest absolute Gasteiger partial charge is 0.497 e. The molecule has 0 aliphatic rings. The fourth-order valence-corrected chi connectivity index (χ4v) is 4.21. The lowest BCUT2D eigenvalue weighted by molar-refractivity contribution is -0.159. The van der Waals surface area contributed by atoms with Crippen molar-refractivity contribution in [2.75, 3.05) is 34.5 Å². The normalized spacial score (nSPS) is 11.1. The zero-order valence-corrected chi connectivity index (χ0v) is 24.3. The van der Waals surface area contributed by atoms with Gasteiger partial charge in [-0.25, -0.2) is 9.59 Å². The number of carboxylic acids is 2. The van der Waals surface area contributed by atoms with Crippen molar-refractivity contribution in [2.45, 2.75) is 39.8 Å². The minimum atomic E-state index is -1.82. The molecule has 0 unspecified atom stereocenters. The summed E-state index contributed by atoms with van der Waals surface area (Å²) in [6.45, 7) is 9.65. The molecule has 0 saturated heterocycles. The summed E-state index contributed by atoms with van der Waals surface area (Å²) in [4.78, 5) is 34.0. The van der Waals surface area contributed by atoms with Crippen LogP contribution in [0.3, 0.4) is 0 Å². The molecule has 11 heteroatoms. The maximum atomic E-state index is 13.5. The van der Waals surface area contributed by atoms with Crippen molar-refractivity contribution < 1.29 is 48.0 Å². The third kappa shape index (κ3) is 8.49. The average Bonchev–Trinajstić information content (AvgIpc) is 3.42. The van der Waals surface area contributed by atoms with Crippen molar-refractivity contribution in [2.24, 2.45) is 0 Å². The van der Waals surface area contributed by atoms with Crippen LogP contribution in [0.4, 0.5) is 0 Å². The summed E-state index contributed by atoms with van der Waals surface area (Å²) >= 11 is 0. The first-order valence-electron chi connectivity index (χ1n) is 12.8. The number of rotatable bonds is 12. The second-order valence-electron chi connectivity index (χ2n) is 9.29. The predicted octanol–water partition coefficient (Wildman–Crippen LogP) is 5.01. The maximum absolute atomic E-state index is 13.5. The lowest BCUT2D eigenvalue weighted by Crippen LogP contribution is -2.39. The zero-order chi connectivity index (χ0) is 30.7. The molecule has 0 spiro atoms. The van der Waals surface area contributed by atoms with Gasteiger partial charge in [0.15, 0.2) is 17.1 Å². The first kappa shape index (κ1) is 32.7. The predicted molar refractivity (Wildman–Crippen MR) is 153 cm³/mol. The first-order chi connectivity index (χ1) is 19.5. The van der Waals surface area contributed by atoms with E-state index in [-0.39, 0.29) is 5.78 Å². The molecule has 0 amide bonds. The molecule has 2 aromatic carbocycles. The van der Waals surface area contributed by atoms with Crippen molar-refractivity contribution in [3.63, 3.8) is 0 Å². The van der Waals surface area contributed by atoms with Gasteiger partial charge in [-0.3, -0.25) is 9.69 Å². The van der Waals surface area contributed by atoms with Crippen LogP contribution in [0.25, 0.3) is 17.0 Å². The Hall–Kier alpha value is -4.51. The van der Waals surface area contributed by atoms with Crippen LogP contribution in [-0.2, 0) is 9.59 Å². The van der Waals surface area contributed by atoms with Crippen molar-refractivity contribution in [1.82, 2.24) is 4.90 Å². The van der Waals surface area contributed by atoms with E-state index in [0.717, 1.165) is 11.3 Å². The number of nitrogens with zero attached hydrogens (tertiary/aromatic N) is 1. The SMILES string of the molecule is COc1ccc(C=CC(=O)c2c(OCCN(C(C)C)C(C)C)c(OC)c3occc3c2OC)cc1.O=C(O)C(=O)O. The van der Waals surface area contributed by atoms with Gasteiger partial charge in [0, 0.05) is 18.6 Å². The number of hydrogen-bond donors (Lipinski definition) is 2. The fourth-order valence-electron chi connectivity index (χ4n) is 4.21. The van der Waals surface area contributed by atoms with Crippen LogP contribution in [0, 0.1) is 0 Å². The number of carbonyl (C=O) groups excluding carboxylic acids is 1. The topological polar surface area (TPSA) is 145 Å². The van der Waals surface area contributed by atoms with E-state index >= 15 is 0 Å². The highest BCUT2D eigenvalue weighted by atomic mass is 16.5. The first-order valence-corrected chi connectivity index (χ1v) is 12.8. The Morgan fingerprint density at radius 2 is 1.44 bits per heavy atom. The maximum Gasteiger partial charge on any atom is 0.414 e. The average molecular weight is 572 g/mol. The fraction of sp³-hybridized carbons (Fsp3) is 0.367. The molecule has 1 heterocycles. The van der Waals surface area contributed by atoms with Crippen molar-refractivity contribution in [1.29, 1.82) is 0 Å². The number of carboxylic acid groups (broad SMARTS) is 2. The van der Waals surface area contributed by atoms with E-state index in [1.54, 1.807) is 25.5 Å². The van der Waals surface area contributed by atoms with Crippen LogP contribution < -0.4 is 18.9 Å². The number of ether oxygens (including phenoxy) is 4. The smallest absolute Gasteiger partial charge is 0.414 e. The molecule has 3 aromatic rings. The molecule has 2 N–H and O–H groups in total. The summed E-state index contributed by atoms with van der Waals surface area (Å²) in [5.41, 5.74) is 1.63. The van der Waals surface area contributed by atoms with E-state index in [1.165, 1.54) is 20.3 Å². The molecular formula is C30H37NO10. The zero-order valence-electron chi connectivity index (χ0n) is 24.3. The van der Waals surface area contributed by atoms with Gasteiger partial charge in [0.1, 0.15) is 23.7 Å². The molecule has 0 bridgehead atoms. The van der Waals surface area contributed by atoms with Crippen molar-refractivity contribution >= 4 is 34.8 Å². The minimum absolute atomic E-state index is 0.265. The number of furan rings is 1. The summed E-state index contributed by atoms with van der Waals surface area (Å²) in [5, 5.41) is 15.4. The van der Waals surface area contributed by atoms with E-state index in [4.69, 9.17) is 43.2 Å². The Labute approximate surface area is 238 Å². The highest BCUT2D eigenvalue weighted by Crippen LogP contribution is 2.46. The van der Waals surface area contributed by atoms with Gasteiger partial charge in [-0.15, -0.1) is 0 Å². The Morgan fingerprint density at radius 3 is 1.93 bits per heavy atom. The molecule has 0 saturated carbocycles. The summed E-state index contributed by atoms with van der Waals surface area (Å²) in [5.74, 6) is -2.10. The number of ketones is 1. The number of benzene rings is 2. The lowest BCUT2D eigenvalue weighted by atomic mass is 10.0. The van der Waals surface area contributed by atoms with Crippen LogP contribution in [0.1, 0.15) is 43.6 Å². The molecule has 41 heavy (non-hydrogen) atoms. The molecule has 0 radical (unpaired) electrons. The van der Waals surface area contributed by atoms with Gasteiger partial charge >= 0.3 is 11.9 Å². The molecule has 0 fully saturated rings. The van der Waals surface area contributed by atoms with Gasteiger partial charge in [0.25, 0.3) is 0 Å². The highest BCUT2D eigenvalue weighted by Gasteiger charge is 2.28. The Morgan fingerprint density at radius 1 is 0.854 bits per heavy atom. The van der Waals surface area contributed by atoms with Crippen molar-refractivity contribution in [3.8, 4) is 23.0 Å². The number of fused-ring (bicyclic) bond motifs is 1. The van der Waals surface area contributed by atoms with Crippen molar-refractivity contribution in [3.05, 3.63) is 53.8 Å². The molecule has 3 rings (SSSR count). The molecule has 11 nitrogen and oxygen atoms in total.